The van der Waals surface area contributed by atoms with E-state index in [9.17, 15) is 44.1 Å². The number of H-pyrrole nitrogens is 3. The maximum atomic E-state index is 15.9. The zero-order valence-electron chi connectivity index (χ0n) is 64.8. The molecule has 3 saturated heterocycles. The molecule has 117 heavy (non-hydrogen) atoms. The Labute approximate surface area is 680 Å². The summed E-state index contributed by atoms with van der Waals surface area (Å²) in [6.45, 7) is 6.72. The monoisotopic (exact) mass is 1750 g/mol. The zero-order valence-corrected chi connectivity index (χ0v) is 70.0. The number of ether oxygens (including phenoxy) is 6. The molecule has 3 fully saturated rings. The van der Waals surface area contributed by atoms with E-state index in [4.69, 9.17) is 108 Å². The molecule has 15 N–H and O–H groups in total. The average molecular weight is 1750 g/mol. The Kier molecular flexibility index (Phi) is 28.8. The van der Waals surface area contributed by atoms with Crippen LogP contribution in [-0.4, -0.2) is 202 Å². The second-order valence-electron chi connectivity index (χ2n) is 28.3. The van der Waals surface area contributed by atoms with E-state index in [1.807, 2.05) is 0 Å². The molecule has 0 radical (unpaired) electrons. The molecule has 48 heteroatoms. The molecule has 9 heterocycles. The molecule has 0 spiro atoms. The number of aromatic amines is 3. The number of nitrogens with zero attached hydrogens (tertiary/aromatic N) is 9. The van der Waals surface area contributed by atoms with Gasteiger partial charge >= 0.3 is 37.8 Å². The molecule has 9 aromatic rings. The van der Waals surface area contributed by atoms with Gasteiger partial charge in [0.25, 0.3) is 16.7 Å². The first-order valence-corrected chi connectivity index (χ1v) is 44.0. The number of esters is 3. The zero-order chi connectivity index (χ0) is 85.6. The van der Waals surface area contributed by atoms with Gasteiger partial charge in [0.15, 0.2) is 69.2 Å². The van der Waals surface area contributed by atoms with Gasteiger partial charge in [-0.15, -0.1) is 0 Å². The third-order valence-electron chi connectivity index (χ3n) is 17.6. The minimum atomic E-state index is -3.47. The van der Waals surface area contributed by atoms with E-state index in [-0.39, 0.29) is 69.6 Å². The fourth-order valence-electron chi connectivity index (χ4n) is 11.9. The molecule has 0 aliphatic carbocycles. The van der Waals surface area contributed by atoms with Gasteiger partial charge in [-0.2, -0.15) is 15.0 Å². The van der Waals surface area contributed by atoms with E-state index in [1.165, 1.54) is 32.7 Å². The lowest BCUT2D eigenvalue weighted by Gasteiger charge is -2.28. The number of halogens is 3. The van der Waals surface area contributed by atoms with E-state index >= 15 is 13.2 Å². The predicted molar refractivity (Wildman–Crippen MR) is 429 cm³/mol. The Balaban J connectivity index is 0.000000185. The number of hydrogen-bond donors (Lipinski definition) is 12. The van der Waals surface area contributed by atoms with Crippen LogP contribution in [-0.2, 0) is 91.8 Å². The van der Waals surface area contributed by atoms with Crippen molar-refractivity contribution >= 4 is 125 Å². The van der Waals surface area contributed by atoms with Crippen LogP contribution in [0.25, 0.3) is 33.5 Å². The fourth-order valence-corrected chi connectivity index (χ4v) is 19.2. The van der Waals surface area contributed by atoms with Crippen LogP contribution in [0, 0.1) is 0 Å². The van der Waals surface area contributed by atoms with Crippen molar-refractivity contribution in [1.29, 1.82) is 0 Å². The lowest BCUT2D eigenvalue weighted by molar-refractivity contribution is -0.149. The number of benzene rings is 3. The van der Waals surface area contributed by atoms with Crippen LogP contribution in [0.1, 0.15) is 102 Å². The van der Waals surface area contributed by atoms with Gasteiger partial charge in [0, 0.05) is 0 Å². The minimum absolute atomic E-state index is 0.0180. The highest BCUT2D eigenvalue weighted by atomic mass is 32.5. The Bertz CT molecular complexity index is 4820. The summed E-state index contributed by atoms with van der Waals surface area (Å²) in [7, 11) is 0. The lowest BCUT2D eigenvalue weighted by atomic mass is 9.98. The second-order valence-corrected chi connectivity index (χ2v) is 37.7. The molecule has 6 aromatic heterocycles. The van der Waals surface area contributed by atoms with Gasteiger partial charge in [0.1, 0.15) is 72.0 Å². The molecule has 3 aliphatic rings. The summed E-state index contributed by atoms with van der Waals surface area (Å²) in [5, 5.41) is 41.2. The number of nitrogens with two attached hydrogens (primary N) is 3. The van der Waals surface area contributed by atoms with E-state index < -0.39 is 165 Å². The van der Waals surface area contributed by atoms with E-state index in [0.29, 0.717) is 17.2 Å². The normalized spacial score (nSPS) is 25.5. The molecule has 636 valence electrons. The number of para-hydroxylation sites is 3. The highest BCUT2D eigenvalue weighted by Crippen LogP contribution is 2.52. The summed E-state index contributed by atoms with van der Waals surface area (Å²) >= 11 is 17.0. The number of carbonyl (C=O) groups excluding carboxylic acids is 3. The smallest absolute Gasteiger partial charge is 0.323 e. The van der Waals surface area contributed by atoms with E-state index in [1.54, 1.807) is 153 Å². The Morgan fingerprint density at radius 1 is 0.462 bits per heavy atom. The number of aliphatic hydroxyl groups is 3. The lowest BCUT2D eigenvalue weighted by Crippen LogP contribution is -2.41. The van der Waals surface area contributed by atoms with Crippen molar-refractivity contribution in [2.75, 3.05) is 37.0 Å². The maximum Gasteiger partial charge on any atom is 0.323 e. The maximum absolute atomic E-state index is 15.9. The molecule has 12 rings (SSSR count). The van der Waals surface area contributed by atoms with Gasteiger partial charge in [-0.1, -0.05) is 54.6 Å². The Morgan fingerprint density at radius 2 is 0.692 bits per heavy atom. The summed E-state index contributed by atoms with van der Waals surface area (Å²) in [6, 6.07) is 23.0. The molecule has 3 aliphatic heterocycles. The van der Waals surface area contributed by atoms with Crippen molar-refractivity contribution in [2.45, 2.75) is 192 Å². The van der Waals surface area contributed by atoms with Gasteiger partial charge in [0.05, 0.1) is 57.1 Å². The van der Waals surface area contributed by atoms with E-state index in [0.717, 1.165) is 20.8 Å². The predicted octanol–water partition coefficient (Wildman–Crippen LogP) is 5.81. The van der Waals surface area contributed by atoms with Crippen molar-refractivity contribution in [3.63, 3.8) is 0 Å². The number of nitrogens with one attached hydrogen (secondary N) is 6. The topological polar surface area (TPSA) is 528 Å². The number of aromatic nitrogens is 12. The van der Waals surface area contributed by atoms with Crippen molar-refractivity contribution in [1.82, 2.24) is 73.8 Å². The van der Waals surface area contributed by atoms with Gasteiger partial charge in [-0.05, 0) is 155 Å². The van der Waals surface area contributed by atoms with Crippen LogP contribution in [0.4, 0.5) is 31.0 Å². The highest BCUT2D eigenvalue weighted by molar-refractivity contribution is 8.09. The molecule has 39 nitrogen and oxygen atoms in total. The van der Waals surface area contributed by atoms with Gasteiger partial charge < -0.3 is 88.1 Å². The number of alkyl halides is 3. The molecule has 0 amide bonds. The van der Waals surface area contributed by atoms with Crippen LogP contribution in [0.15, 0.2) is 124 Å². The molecular weight excluding hydrogens is 1660 g/mol. The summed E-state index contributed by atoms with van der Waals surface area (Å²) < 4.78 is 120. The highest BCUT2D eigenvalue weighted by Gasteiger charge is 2.59. The van der Waals surface area contributed by atoms with Crippen molar-refractivity contribution in [3.05, 3.63) is 141 Å². The first-order chi connectivity index (χ1) is 54.9. The van der Waals surface area contributed by atoms with Crippen molar-refractivity contribution in [2.24, 2.45) is 0 Å². The first-order valence-electron chi connectivity index (χ1n) is 36.1. The Morgan fingerprint density at radius 3 is 0.915 bits per heavy atom. The number of hydrogen-bond acceptors (Lipinski definition) is 33. The Hall–Kier alpha value is -8.82. The van der Waals surface area contributed by atoms with Crippen LogP contribution < -0.4 is 62.7 Å². The van der Waals surface area contributed by atoms with Crippen LogP contribution >= 0.6 is 19.9 Å². The van der Waals surface area contributed by atoms with Crippen molar-refractivity contribution < 1.29 is 98.4 Å². The summed E-state index contributed by atoms with van der Waals surface area (Å²) in [5.74, 6) is -1.16. The molecular formula is C69H90F3N18O21P3S3. The summed E-state index contributed by atoms with van der Waals surface area (Å²) in [5.41, 5.74) is 7.78. The third kappa shape index (κ3) is 21.6. The molecule has 0 bridgehead atoms. The number of fused-ring (bicyclic) bond motifs is 3. The van der Waals surface area contributed by atoms with Gasteiger partial charge in [-0.3, -0.25) is 57.4 Å². The standard InChI is InChI=1S/3C23H30FN6O7PS/c3*1-12(2)35-20(33)13(3)29-38(39,37-14-8-6-5-7-9-14)34-10-15-17(31)23(4,24)21(36-15)30-11-26-16-18(30)27-22(25)28-19(16)32/h3*5-9,11-13,15,17,21,31H,10H2,1-4H3,(H,29,39)(H3,25,27,28,32)/t13-,15-,17-,21-,23-,38?;13-,15-,17-,21-,23-,38+;13-,15-,17-,21-,23-,38-/m111/s1. The third-order valence-corrected chi connectivity index (χ3v) is 25.1. The largest absolute Gasteiger partial charge is 0.462 e. The second kappa shape index (κ2) is 37.2. The van der Waals surface area contributed by atoms with Crippen LogP contribution in [0.3, 0.4) is 0 Å². The number of nitrogen functional groups attached to an aromatic ring is 3. The SMILES string of the molecule is CC(C)OC(=O)[C@@H](C)NP(=S)(OC[C@H]1O[C@@H](n2cnc3c(=O)[nH]c(N)nc32)[C@](C)(F)[C@@H]1O)Oc1ccccc1.CC(C)OC(=O)[C@@H](C)N[P@@](=S)(OC[C@H]1O[C@@H](n2cnc3c(=O)[nH]c(N)nc32)[C@](C)(F)[C@@H]1O)Oc1ccccc1.CC(C)OC(=O)[C@@H](C)N[P@](=S)(OC[C@H]1O[C@@H](n2cnc3c(=O)[nH]c(N)nc32)[C@](C)(F)[C@@H]1O)Oc1ccccc1. The van der Waals surface area contributed by atoms with Crippen molar-refractivity contribution in [3.8, 4) is 17.2 Å². The fraction of sp³-hybridized carbons (Fsp3) is 0.478. The quantitative estimate of drug-likeness (QED) is 0.0143. The van der Waals surface area contributed by atoms with E-state index in [2.05, 4.69) is 60.1 Å². The summed E-state index contributed by atoms with van der Waals surface area (Å²) in [4.78, 5) is 105. The van der Waals surface area contributed by atoms with Gasteiger partial charge in [-0.25, -0.2) is 43.4 Å². The molecule has 18 atom stereocenters. The number of imidazole rings is 3. The average Bonchev–Trinajstić information content (AvgIpc) is 1.61. The van der Waals surface area contributed by atoms with Gasteiger partial charge in [0.2, 0.25) is 17.8 Å². The summed E-state index contributed by atoms with van der Waals surface area (Å²) in [6.07, 6.45) is -10.5. The number of carbonyl (C=O) groups is 3. The van der Waals surface area contributed by atoms with Crippen LogP contribution in [0.5, 0.6) is 17.2 Å². The molecule has 1 unspecified atom stereocenters. The minimum Gasteiger partial charge on any atom is -0.462 e. The molecule has 0 saturated carbocycles. The first kappa shape index (κ1) is 90.5. The van der Waals surface area contributed by atoms with Crippen LogP contribution in [0.2, 0.25) is 0 Å². The number of anilines is 3. The number of rotatable bonds is 30. The number of aliphatic hydroxyl groups excluding tert-OH is 3. The molecule has 3 aromatic carbocycles.